The fourth-order valence-corrected chi connectivity index (χ4v) is 3.11. The number of nitrogens with zero attached hydrogens (tertiary/aromatic N) is 2. The van der Waals surface area contributed by atoms with Gasteiger partial charge in [0, 0.05) is 31.6 Å². The van der Waals surface area contributed by atoms with Crippen molar-refractivity contribution in [3.05, 3.63) is 18.2 Å². The van der Waals surface area contributed by atoms with Crippen LogP contribution in [0.25, 0.3) is 0 Å². The maximum Gasteiger partial charge on any atom is 0.108 e. The van der Waals surface area contributed by atoms with Gasteiger partial charge < -0.3 is 9.67 Å². The number of imidazole rings is 1. The monoisotopic (exact) mass is 212 g/mol. The van der Waals surface area contributed by atoms with E-state index in [2.05, 4.69) is 4.98 Å². The summed E-state index contributed by atoms with van der Waals surface area (Å²) >= 11 is 1.85. The Morgan fingerprint density at radius 1 is 1.71 bits per heavy atom. The van der Waals surface area contributed by atoms with Gasteiger partial charge in [-0.15, -0.1) is 0 Å². The Labute approximate surface area is 88.5 Å². The Kier molecular flexibility index (Phi) is 2.83. The highest BCUT2D eigenvalue weighted by Gasteiger charge is 2.31. The van der Waals surface area contributed by atoms with Crippen LogP contribution in [0.2, 0.25) is 0 Å². The highest BCUT2D eigenvalue weighted by Crippen LogP contribution is 2.31. The average Bonchev–Trinajstić information content (AvgIpc) is 2.73. The summed E-state index contributed by atoms with van der Waals surface area (Å²) in [6, 6.07) is 0. The molecule has 0 saturated carbocycles. The van der Waals surface area contributed by atoms with Crippen LogP contribution < -0.4 is 0 Å². The van der Waals surface area contributed by atoms with E-state index in [1.54, 1.807) is 0 Å². The van der Waals surface area contributed by atoms with Crippen LogP contribution in [-0.2, 0) is 13.5 Å². The molecule has 1 saturated heterocycles. The summed E-state index contributed by atoms with van der Waals surface area (Å²) in [6.07, 6.45) is 6.40. The maximum absolute atomic E-state index is 10.1. The number of aromatic nitrogens is 2. The van der Waals surface area contributed by atoms with Crippen molar-refractivity contribution in [3.8, 4) is 0 Å². The Hall–Kier alpha value is -0.480. The number of aryl methyl sites for hydroxylation is 2. The normalized spacial score (nSPS) is 27.0. The summed E-state index contributed by atoms with van der Waals surface area (Å²) in [7, 11) is 2.00. The van der Waals surface area contributed by atoms with Crippen molar-refractivity contribution in [2.24, 2.45) is 7.05 Å². The lowest BCUT2D eigenvalue weighted by atomic mass is 9.97. The molecule has 1 unspecified atom stereocenters. The number of aliphatic hydroxyl groups is 1. The van der Waals surface area contributed by atoms with Gasteiger partial charge in [0.2, 0.25) is 0 Å². The molecule has 0 bridgehead atoms. The molecule has 0 aliphatic carbocycles. The zero-order valence-corrected chi connectivity index (χ0v) is 9.26. The molecule has 2 heterocycles. The zero-order chi connectivity index (χ0) is 10.0. The van der Waals surface area contributed by atoms with Gasteiger partial charge in [0.05, 0.1) is 5.60 Å². The minimum atomic E-state index is -0.434. The van der Waals surface area contributed by atoms with Gasteiger partial charge in [0.25, 0.3) is 0 Å². The first-order valence-electron chi connectivity index (χ1n) is 4.96. The van der Waals surface area contributed by atoms with Crippen molar-refractivity contribution in [1.82, 2.24) is 9.55 Å². The fraction of sp³-hybridized carbons (Fsp3) is 0.700. The van der Waals surface area contributed by atoms with Gasteiger partial charge in [0.15, 0.2) is 0 Å². The number of thioether (sulfide) groups is 1. The molecule has 14 heavy (non-hydrogen) atoms. The maximum atomic E-state index is 10.1. The first-order valence-corrected chi connectivity index (χ1v) is 6.11. The molecule has 1 aromatic rings. The number of hydrogen-bond donors (Lipinski definition) is 1. The van der Waals surface area contributed by atoms with Crippen LogP contribution in [-0.4, -0.2) is 31.8 Å². The smallest absolute Gasteiger partial charge is 0.108 e. The molecule has 0 amide bonds. The molecule has 78 valence electrons. The van der Waals surface area contributed by atoms with Crippen LogP contribution in [0.3, 0.4) is 0 Å². The predicted molar refractivity (Wildman–Crippen MR) is 58.4 cm³/mol. The second-order valence-corrected chi connectivity index (χ2v) is 5.09. The predicted octanol–water partition coefficient (Wildman–Crippen LogP) is 1.22. The minimum Gasteiger partial charge on any atom is -0.389 e. The van der Waals surface area contributed by atoms with E-state index in [-0.39, 0.29) is 0 Å². The molecule has 1 N–H and O–H groups in total. The molecule has 0 spiro atoms. The lowest BCUT2D eigenvalue weighted by Gasteiger charge is -2.20. The second kappa shape index (κ2) is 3.95. The van der Waals surface area contributed by atoms with Crippen molar-refractivity contribution in [2.75, 3.05) is 11.5 Å². The molecule has 0 radical (unpaired) electrons. The molecular formula is C10H16N2OS. The summed E-state index contributed by atoms with van der Waals surface area (Å²) < 4.78 is 2.02. The molecule has 0 aromatic carbocycles. The van der Waals surface area contributed by atoms with Gasteiger partial charge >= 0.3 is 0 Å². The lowest BCUT2D eigenvalue weighted by Crippen LogP contribution is -2.28. The van der Waals surface area contributed by atoms with Crippen molar-refractivity contribution in [2.45, 2.75) is 24.9 Å². The molecule has 2 rings (SSSR count). The van der Waals surface area contributed by atoms with E-state index in [9.17, 15) is 5.11 Å². The third-order valence-electron chi connectivity index (χ3n) is 2.82. The summed E-state index contributed by atoms with van der Waals surface area (Å²) in [4.78, 5) is 4.25. The van der Waals surface area contributed by atoms with Crippen LogP contribution >= 0.6 is 11.8 Å². The Bertz CT molecular complexity index is 305. The molecule has 1 aliphatic heterocycles. The molecule has 1 aliphatic rings. The molecule has 1 atom stereocenters. The summed E-state index contributed by atoms with van der Waals surface area (Å²) in [5.41, 5.74) is -0.434. The molecule has 1 aromatic heterocycles. The standard InChI is InChI=1S/C10H16N2OS/c1-12-6-5-11-9(12)2-3-10(13)4-7-14-8-10/h5-6,13H,2-4,7-8H2,1H3. The van der Waals surface area contributed by atoms with Crippen LogP contribution in [0.15, 0.2) is 12.4 Å². The van der Waals surface area contributed by atoms with Crippen molar-refractivity contribution in [1.29, 1.82) is 0 Å². The molecular weight excluding hydrogens is 196 g/mol. The Balaban J connectivity index is 1.91. The first kappa shape index (κ1) is 10.1. The van der Waals surface area contributed by atoms with E-state index in [0.717, 1.165) is 36.6 Å². The second-order valence-electron chi connectivity index (χ2n) is 3.98. The molecule has 1 fully saturated rings. The average molecular weight is 212 g/mol. The van der Waals surface area contributed by atoms with E-state index in [1.165, 1.54) is 0 Å². The van der Waals surface area contributed by atoms with E-state index >= 15 is 0 Å². The minimum absolute atomic E-state index is 0.434. The van der Waals surface area contributed by atoms with Gasteiger partial charge in [-0.2, -0.15) is 11.8 Å². The number of rotatable bonds is 3. The van der Waals surface area contributed by atoms with E-state index < -0.39 is 5.60 Å². The van der Waals surface area contributed by atoms with Gasteiger partial charge in [-0.1, -0.05) is 0 Å². The van der Waals surface area contributed by atoms with Crippen molar-refractivity contribution < 1.29 is 5.11 Å². The highest BCUT2D eigenvalue weighted by molar-refractivity contribution is 7.99. The van der Waals surface area contributed by atoms with E-state index in [1.807, 2.05) is 35.8 Å². The van der Waals surface area contributed by atoms with Crippen molar-refractivity contribution in [3.63, 3.8) is 0 Å². The summed E-state index contributed by atoms with van der Waals surface area (Å²) in [6.45, 7) is 0. The van der Waals surface area contributed by atoms with Crippen LogP contribution in [0, 0.1) is 0 Å². The van der Waals surface area contributed by atoms with Gasteiger partial charge in [-0.3, -0.25) is 0 Å². The summed E-state index contributed by atoms with van der Waals surface area (Å²) in [5, 5.41) is 10.1. The van der Waals surface area contributed by atoms with Gasteiger partial charge in [-0.05, 0) is 18.6 Å². The van der Waals surface area contributed by atoms with E-state index in [0.29, 0.717) is 0 Å². The lowest BCUT2D eigenvalue weighted by molar-refractivity contribution is 0.0586. The van der Waals surface area contributed by atoms with E-state index in [4.69, 9.17) is 0 Å². The zero-order valence-electron chi connectivity index (χ0n) is 8.44. The SMILES string of the molecule is Cn1ccnc1CCC1(O)CCSC1. The van der Waals surface area contributed by atoms with Crippen molar-refractivity contribution >= 4 is 11.8 Å². The molecule has 4 heteroatoms. The summed E-state index contributed by atoms with van der Waals surface area (Å²) in [5.74, 6) is 3.05. The quantitative estimate of drug-likeness (QED) is 0.818. The third kappa shape index (κ3) is 2.12. The van der Waals surface area contributed by atoms with Crippen LogP contribution in [0.1, 0.15) is 18.7 Å². The van der Waals surface area contributed by atoms with Gasteiger partial charge in [0.1, 0.15) is 5.82 Å². The number of hydrogen-bond acceptors (Lipinski definition) is 3. The van der Waals surface area contributed by atoms with Gasteiger partial charge in [-0.25, -0.2) is 4.98 Å². The topological polar surface area (TPSA) is 38.0 Å². The Morgan fingerprint density at radius 2 is 2.57 bits per heavy atom. The van der Waals surface area contributed by atoms with Crippen LogP contribution in [0.4, 0.5) is 0 Å². The fourth-order valence-electron chi connectivity index (χ4n) is 1.78. The first-order chi connectivity index (χ1) is 6.70. The highest BCUT2D eigenvalue weighted by atomic mass is 32.2. The van der Waals surface area contributed by atoms with Crippen LogP contribution in [0.5, 0.6) is 0 Å². The molecule has 3 nitrogen and oxygen atoms in total. The largest absolute Gasteiger partial charge is 0.389 e. The third-order valence-corrected chi connectivity index (χ3v) is 4.05. The Morgan fingerprint density at radius 3 is 3.14 bits per heavy atom.